The van der Waals surface area contributed by atoms with Gasteiger partial charge < -0.3 is 14.2 Å². The average molecular weight is 285 g/mol. The van der Waals surface area contributed by atoms with Crippen LogP contribution in [0.25, 0.3) is 0 Å². The van der Waals surface area contributed by atoms with Crippen LogP contribution in [0.1, 0.15) is 23.7 Å². The SMILES string of the molecule is COC1C[C@@H](C)OC1COC(=O)c1ccc(Cl)cc1. The molecule has 0 aromatic heterocycles. The van der Waals surface area contributed by atoms with Gasteiger partial charge in [0.05, 0.1) is 17.8 Å². The molecule has 1 heterocycles. The molecular formula is C14H17ClO4. The predicted octanol–water partition coefficient (Wildman–Crippen LogP) is 2.69. The Kier molecular flexibility index (Phi) is 4.80. The third-order valence-corrected chi connectivity index (χ3v) is 3.40. The summed E-state index contributed by atoms with van der Waals surface area (Å²) >= 11 is 5.76. The maximum Gasteiger partial charge on any atom is 0.338 e. The van der Waals surface area contributed by atoms with Crippen molar-refractivity contribution in [2.45, 2.75) is 31.7 Å². The second-order valence-corrected chi connectivity index (χ2v) is 5.04. The van der Waals surface area contributed by atoms with Crippen LogP contribution in [0.15, 0.2) is 24.3 Å². The molecule has 0 saturated carbocycles. The second-order valence-electron chi connectivity index (χ2n) is 4.60. The number of hydrogen-bond donors (Lipinski definition) is 0. The molecule has 4 nitrogen and oxygen atoms in total. The average Bonchev–Trinajstić information content (AvgIpc) is 2.77. The van der Waals surface area contributed by atoms with E-state index in [0.29, 0.717) is 10.6 Å². The summed E-state index contributed by atoms with van der Waals surface area (Å²) in [5.41, 5.74) is 0.476. The fourth-order valence-corrected chi connectivity index (χ4v) is 2.27. The van der Waals surface area contributed by atoms with Crippen LogP contribution >= 0.6 is 11.6 Å². The number of carbonyl (C=O) groups is 1. The van der Waals surface area contributed by atoms with Gasteiger partial charge in [-0.3, -0.25) is 0 Å². The van der Waals surface area contributed by atoms with E-state index in [1.165, 1.54) is 0 Å². The standard InChI is InChI=1S/C14H17ClO4/c1-9-7-12(17-2)13(19-9)8-18-14(16)10-3-5-11(15)6-4-10/h3-6,9,12-13H,7-8H2,1-2H3/t9-,12?,13?/m1/s1. The molecule has 1 fully saturated rings. The molecule has 2 rings (SSSR count). The molecule has 1 saturated heterocycles. The first-order chi connectivity index (χ1) is 9.10. The van der Waals surface area contributed by atoms with Crippen molar-refractivity contribution in [1.82, 2.24) is 0 Å². The largest absolute Gasteiger partial charge is 0.459 e. The van der Waals surface area contributed by atoms with Crippen LogP contribution in [-0.2, 0) is 14.2 Å². The summed E-state index contributed by atoms with van der Waals surface area (Å²) < 4.78 is 16.2. The van der Waals surface area contributed by atoms with Gasteiger partial charge in [-0.15, -0.1) is 0 Å². The predicted molar refractivity (Wildman–Crippen MR) is 71.5 cm³/mol. The van der Waals surface area contributed by atoms with Gasteiger partial charge in [-0.1, -0.05) is 11.6 Å². The highest BCUT2D eigenvalue weighted by Crippen LogP contribution is 2.23. The zero-order valence-electron chi connectivity index (χ0n) is 11.0. The Hall–Kier alpha value is -1.10. The summed E-state index contributed by atoms with van der Waals surface area (Å²) in [6, 6.07) is 6.59. The Bertz CT molecular complexity index is 432. The minimum atomic E-state index is -0.380. The quantitative estimate of drug-likeness (QED) is 0.798. The zero-order chi connectivity index (χ0) is 13.8. The normalized spacial score (nSPS) is 26.4. The summed E-state index contributed by atoms with van der Waals surface area (Å²) in [5.74, 6) is -0.380. The van der Waals surface area contributed by atoms with Crippen molar-refractivity contribution in [2.75, 3.05) is 13.7 Å². The lowest BCUT2D eigenvalue weighted by Gasteiger charge is -2.17. The number of carbonyl (C=O) groups excluding carboxylic acids is 1. The van der Waals surface area contributed by atoms with Crippen molar-refractivity contribution in [3.63, 3.8) is 0 Å². The smallest absolute Gasteiger partial charge is 0.338 e. The lowest BCUT2D eigenvalue weighted by Crippen LogP contribution is -2.29. The first kappa shape index (κ1) is 14.3. The number of ether oxygens (including phenoxy) is 3. The van der Waals surface area contributed by atoms with Crippen molar-refractivity contribution >= 4 is 17.6 Å². The molecule has 104 valence electrons. The maximum atomic E-state index is 11.8. The van der Waals surface area contributed by atoms with Gasteiger partial charge >= 0.3 is 5.97 Å². The molecule has 1 aromatic rings. The highest BCUT2D eigenvalue weighted by atomic mass is 35.5. The first-order valence-electron chi connectivity index (χ1n) is 6.21. The van der Waals surface area contributed by atoms with Gasteiger partial charge in [-0.05, 0) is 31.2 Å². The topological polar surface area (TPSA) is 44.8 Å². The maximum absolute atomic E-state index is 11.8. The number of methoxy groups -OCH3 is 1. The highest BCUT2D eigenvalue weighted by Gasteiger charge is 2.33. The van der Waals surface area contributed by atoms with Crippen molar-refractivity contribution in [3.05, 3.63) is 34.9 Å². The molecular weight excluding hydrogens is 268 g/mol. The van der Waals surface area contributed by atoms with E-state index in [1.54, 1.807) is 31.4 Å². The van der Waals surface area contributed by atoms with Gasteiger partial charge in [0.1, 0.15) is 12.7 Å². The molecule has 1 aliphatic rings. The van der Waals surface area contributed by atoms with E-state index in [1.807, 2.05) is 6.92 Å². The first-order valence-corrected chi connectivity index (χ1v) is 6.59. The number of benzene rings is 1. The molecule has 0 bridgehead atoms. The van der Waals surface area contributed by atoms with Gasteiger partial charge in [-0.2, -0.15) is 0 Å². The Labute approximate surface area is 117 Å². The zero-order valence-corrected chi connectivity index (χ0v) is 11.7. The molecule has 19 heavy (non-hydrogen) atoms. The van der Waals surface area contributed by atoms with Crippen LogP contribution in [0, 0.1) is 0 Å². The number of hydrogen-bond acceptors (Lipinski definition) is 4. The molecule has 1 aliphatic heterocycles. The number of halogens is 1. The number of esters is 1. The fraction of sp³-hybridized carbons (Fsp3) is 0.500. The monoisotopic (exact) mass is 284 g/mol. The van der Waals surface area contributed by atoms with Crippen molar-refractivity contribution < 1.29 is 19.0 Å². The molecule has 1 aromatic carbocycles. The Balaban J connectivity index is 1.88. The molecule has 5 heteroatoms. The second kappa shape index (κ2) is 6.37. The van der Waals surface area contributed by atoms with Crippen LogP contribution in [0.4, 0.5) is 0 Å². The molecule has 0 radical (unpaired) electrons. The van der Waals surface area contributed by atoms with E-state index in [0.717, 1.165) is 6.42 Å². The lowest BCUT2D eigenvalue weighted by molar-refractivity contribution is -0.0400. The third kappa shape index (κ3) is 3.69. The highest BCUT2D eigenvalue weighted by molar-refractivity contribution is 6.30. The van der Waals surface area contributed by atoms with Crippen LogP contribution in [0.5, 0.6) is 0 Å². The van der Waals surface area contributed by atoms with E-state index in [4.69, 9.17) is 25.8 Å². The Morgan fingerprint density at radius 3 is 2.74 bits per heavy atom. The van der Waals surface area contributed by atoms with E-state index >= 15 is 0 Å². The van der Waals surface area contributed by atoms with Crippen molar-refractivity contribution in [1.29, 1.82) is 0 Å². The van der Waals surface area contributed by atoms with Gasteiger partial charge in [-0.25, -0.2) is 4.79 Å². The summed E-state index contributed by atoms with van der Waals surface area (Å²) in [6.07, 6.45) is 0.730. The van der Waals surface area contributed by atoms with Crippen LogP contribution < -0.4 is 0 Å². The van der Waals surface area contributed by atoms with E-state index in [2.05, 4.69) is 0 Å². The fourth-order valence-electron chi connectivity index (χ4n) is 2.14. The molecule has 0 aliphatic carbocycles. The van der Waals surface area contributed by atoms with Gasteiger partial charge in [0.15, 0.2) is 0 Å². The van der Waals surface area contributed by atoms with Crippen LogP contribution in [0.2, 0.25) is 5.02 Å². The molecule has 2 unspecified atom stereocenters. The third-order valence-electron chi connectivity index (χ3n) is 3.15. The Morgan fingerprint density at radius 1 is 1.42 bits per heavy atom. The molecule has 0 amide bonds. The van der Waals surface area contributed by atoms with Crippen molar-refractivity contribution in [2.24, 2.45) is 0 Å². The summed E-state index contributed by atoms with van der Waals surface area (Å²) in [4.78, 5) is 11.8. The lowest BCUT2D eigenvalue weighted by atomic mass is 10.1. The molecule has 3 atom stereocenters. The molecule has 0 N–H and O–H groups in total. The van der Waals surface area contributed by atoms with Crippen LogP contribution in [-0.4, -0.2) is 38.0 Å². The summed E-state index contributed by atoms with van der Waals surface area (Å²) in [7, 11) is 1.64. The van der Waals surface area contributed by atoms with E-state index in [-0.39, 0.29) is 30.9 Å². The summed E-state index contributed by atoms with van der Waals surface area (Å²) in [6.45, 7) is 2.18. The summed E-state index contributed by atoms with van der Waals surface area (Å²) in [5, 5.41) is 0.587. The number of rotatable bonds is 4. The Morgan fingerprint density at radius 2 is 2.11 bits per heavy atom. The molecule has 0 spiro atoms. The minimum absolute atomic E-state index is 0.0204. The van der Waals surface area contributed by atoms with E-state index in [9.17, 15) is 4.79 Å². The van der Waals surface area contributed by atoms with E-state index < -0.39 is 0 Å². The van der Waals surface area contributed by atoms with Gasteiger partial charge in [0, 0.05) is 18.6 Å². The van der Waals surface area contributed by atoms with Crippen LogP contribution in [0.3, 0.4) is 0 Å². The van der Waals surface area contributed by atoms with Crippen molar-refractivity contribution in [3.8, 4) is 0 Å². The van der Waals surface area contributed by atoms with Gasteiger partial charge in [0.2, 0.25) is 0 Å². The minimum Gasteiger partial charge on any atom is -0.459 e. The van der Waals surface area contributed by atoms with Gasteiger partial charge in [0.25, 0.3) is 0 Å².